The summed E-state index contributed by atoms with van der Waals surface area (Å²) < 4.78 is 0. The van der Waals surface area contributed by atoms with Gasteiger partial charge < -0.3 is 0 Å². The van der Waals surface area contributed by atoms with Crippen LogP contribution in [0.1, 0.15) is 53.4 Å². The third-order valence-corrected chi connectivity index (χ3v) is 15.0. The minimum Gasteiger partial charge on any atom is -0.0808 e. The molecule has 0 heterocycles. The second-order valence-corrected chi connectivity index (χ2v) is 16.3. The summed E-state index contributed by atoms with van der Waals surface area (Å²) in [5.41, 5.74) is 1.86. The van der Waals surface area contributed by atoms with Crippen LogP contribution in [0.2, 0.25) is 24.2 Å². The summed E-state index contributed by atoms with van der Waals surface area (Å²) in [5, 5.41) is 0. The Morgan fingerprint density at radius 1 is 0.586 bits per heavy atom. The fourth-order valence-electron chi connectivity index (χ4n) is 8.94. The van der Waals surface area contributed by atoms with E-state index in [1.165, 1.54) is 25.7 Å². The van der Waals surface area contributed by atoms with Crippen molar-refractivity contribution in [2.75, 3.05) is 0 Å². The minimum atomic E-state index is -1.49. The fraction of sp³-hybridized carbons (Fsp3) is 0.714. The number of hydrogen-bond donors (Lipinski definition) is 0. The molecule has 0 radical (unpaired) electrons. The van der Waals surface area contributed by atoms with Crippen LogP contribution in [0.3, 0.4) is 0 Å². The average molecular weight is 409 g/mol. The summed E-state index contributed by atoms with van der Waals surface area (Å²) in [7, 11) is -1.49. The van der Waals surface area contributed by atoms with Gasteiger partial charge in [0.15, 0.2) is 0 Å². The Balaban J connectivity index is 1.70. The maximum atomic E-state index is 2.80. The quantitative estimate of drug-likeness (QED) is 0.388. The maximum absolute atomic E-state index is 2.80. The number of rotatable bonds is 6. The van der Waals surface area contributed by atoms with Gasteiger partial charge in [0.05, 0.1) is 8.07 Å². The molecule has 29 heavy (non-hydrogen) atoms. The van der Waals surface area contributed by atoms with Crippen molar-refractivity contribution in [1.29, 1.82) is 0 Å². The molecule has 10 atom stereocenters. The topological polar surface area (TPSA) is 0 Å². The summed E-state index contributed by atoms with van der Waals surface area (Å²) >= 11 is 0. The van der Waals surface area contributed by atoms with E-state index in [2.05, 4.69) is 89.4 Å². The molecule has 0 amide bonds. The van der Waals surface area contributed by atoms with Gasteiger partial charge in [0.2, 0.25) is 0 Å². The van der Waals surface area contributed by atoms with E-state index in [1.54, 1.807) is 0 Å². The molecule has 1 heteroatoms. The minimum absolute atomic E-state index is 0.798. The lowest BCUT2D eigenvalue weighted by Gasteiger charge is -2.45. The zero-order valence-electron chi connectivity index (χ0n) is 19.7. The summed E-state index contributed by atoms with van der Waals surface area (Å²) in [6.07, 6.45) is 25.3. The SMILES string of the molecule is CCCC1C(C)C([Si](C)(C)C2C(C)C(CCC)[C@@H]3C=CC=CC23)C2C=CC=C[C@H]21. The van der Waals surface area contributed by atoms with Crippen LogP contribution in [0.25, 0.3) is 0 Å². The van der Waals surface area contributed by atoms with Gasteiger partial charge in [-0.2, -0.15) is 0 Å². The van der Waals surface area contributed by atoms with Gasteiger partial charge >= 0.3 is 0 Å². The first-order valence-corrected chi connectivity index (χ1v) is 15.8. The Labute approximate surface area is 181 Å². The van der Waals surface area contributed by atoms with Crippen LogP contribution >= 0.6 is 0 Å². The lowest BCUT2D eigenvalue weighted by Crippen LogP contribution is -2.46. The average Bonchev–Trinajstić information content (AvgIpc) is 3.15. The molecule has 4 aliphatic rings. The molecule has 0 nitrogen and oxygen atoms in total. The van der Waals surface area contributed by atoms with Crippen molar-refractivity contribution >= 4 is 8.07 Å². The highest BCUT2D eigenvalue weighted by molar-refractivity contribution is 6.80. The van der Waals surface area contributed by atoms with Gasteiger partial charge in [0.1, 0.15) is 0 Å². The first-order chi connectivity index (χ1) is 13.9. The third kappa shape index (κ3) is 3.40. The van der Waals surface area contributed by atoms with E-state index in [-0.39, 0.29) is 0 Å². The van der Waals surface area contributed by atoms with Crippen molar-refractivity contribution in [1.82, 2.24) is 0 Å². The molecule has 4 rings (SSSR count). The van der Waals surface area contributed by atoms with Gasteiger partial charge in [0.25, 0.3) is 0 Å². The van der Waals surface area contributed by atoms with E-state index in [9.17, 15) is 0 Å². The largest absolute Gasteiger partial charge is 0.0808 e. The predicted octanol–water partition coefficient (Wildman–Crippen LogP) is 8.28. The Morgan fingerprint density at radius 3 is 1.28 bits per heavy atom. The van der Waals surface area contributed by atoms with E-state index in [0.29, 0.717) is 0 Å². The van der Waals surface area contributed by atoms with E-state index >= 15 is 0 Å². The molecule has 2 fully saturated rings. The summed E-state index contributed by atoms with van der Waals surface area (Å²) in [5.74, 6) is 6.72. The van der Waals surface area contributed by atoms with Crippen molar-refractivity contribution < 1.29 is 0 Å². The van der Waals surface area contributed by atoms with E-state index in [4.69, 9.17) is 0 Å². The molecule has 0 aliphatic heterocycles. The zero-order valence-corrected chi connectivity index (χ0v) is 20.7. The highest BCUT2D eigenvalue weighted by Crippen LogP contribution is 2.65. The van der Waals surface area contributed by atoms with Gasteiger partial charge in [-0.05, 0) is 71.3 Å². The molecule has 8 unspecified atom stereocenters. The zero-order chi connectivity index (χ0) is 20.8. The number of hydrogen-bond acceptors (Lipinski definition) is 0. The van der Waals surface area contributed by atoms with Gasteiger partial charge in [-0.3, -0.25) is 0 Å². The van der Waals surface area contributed by atoms with Crippen molar-refractivity contribution in [3.8, 4) is 0 Å². The highest BCUT2D eigenvalue weighted by atomic mass is 28.3. The molecule has 4 aliphatic carbocycles. The molecule has 0 saturated heterocycles. The van der Waals surface area contributed by atoms with Crippen molar-refractivity contribution in [3.63, 3.8) is 0 Å². The van der Waals surface area contributed by atoms with Crippen molar-refractivity contribution in [3.05, 3.63) is 48.6 Å². The normalized spacial score (nSPS) is 45.6. The number of fused-ring (bicyclic) bond motifs is 2. The highest BCUT2D eigenvalue weighted by Gasteiger charge is 2.60. The van der Waals surface area contributed by atoms with Crippen LogP contribution in [0.4, 0.5) is 0 Å². The smallest absolute Gasteiger partial charge is 0.0553 e. The van der Waals surface area contributed by atoms with Gasteiger partial charge in [0, 0.05) is 0 Å². The Bertz CT molecular complexity index is 637. The predicted molar refractivity (Wildman–Crippen MR) is 131 cm³/mol. The van der Waals surface area contributed by atoms with Crippen LogP contribution in [0.5, 0.6) is 0 Å². The Morgan fingerprint density at radius 2 is 0.931 bits per heavy atom. The van der Waals surface area contributed by atoms with Crippen LogP contribution in [-0.4, -0.2) is 8.07 Å². The van der Waals surface area contributed by atoms with Crippen LogP contribution < -0.4 is 0 Å². The standard InChI is InChI=1S/C28H44Si/c1-7-13-21-19(3)27(25-17-11-9-15-23(21)25)29(5,6)28-20(4)22(14-8-2)24-16-10-12-18-26(24)28/h9-12,15-28H,7-8,13-14H2,1-6H3/t19?,20?,21?,22?,23-,24-,25?,26?,27?,28?/m0/s1. The molecular weight excluding hydrogens is 364 g/mol. The fourth-order valence-corrected chi connectivity index (χ4v) is 15.2. The second kappa shape index (κ2) is 8.37. The van der Waals surface area contributed by atoms with E-state index in [0.717, 1.165) is 58.4 Å². The summed E-state index contributed by atoms with van der Waals surface area (Å²) in [6.45, 7) is 15.6. The van der Waals surface area contributed by atoms with Crippen molar-refractivity contribution in [2.45, 2.75) is 77.6 Å². The molecule has 0 N–H and O–H groups in total. The summed E-state index contributed by atoms with van der Waals surface area (Å²) in [4.78, 5) is 0. The third-order valence-electron chi connectivity index (χ3n) is 9.71. The Kier molecular flexibility index (Phi) is 6.18. The van der Waals surface area contributed by atoms with Crippen LogP contribution in [0, 0.1) is 47.3 Å². The molecule has 0 aromatic rings. The molecule has 160 valence electrons. The van der Waals surface area contributed by atoms with Gasteiger partial charge in [-0.15, -0.1) is 0 Å². The molecule has 2 saturated carbocycles. The van der Waals surface area contributed by atoms with Crippen LogP contribution in [0.15, 0.2) is 48.6 Å². The Hall–Kier alpha value is -0.823. The first-order valence-electron chi connectivity index (χ1n) is 12.6. The molecule has 0 spiro atoms. The van der Waals surface area contributed by atoms with Crippen LogP contribution in [-0.2, 0) is 0 Å². The lowest BCUT2D eigenvalue weighted by molar-refractivity contribution is 0.329. The maximum Gasteiger partial charge on any atom is 0.0553 e. The summed E-state index contributed by atoms with van der Waals surface area (Å²) in [6, 6.07) is 0. The van der Waals surface area contributed by atoms with Gasteiger partial charge in [-0.25, -0.2) is 0 Å². The monoisotopic (exact) mass is 408 g/mol. The molecule has 0 bridgehead atoms. The van der Waals surface area contributed by atoms with E-state index < -0.39 is 8.07 Å². The number of allylic oxidation sites excluding steroid dienone is 8. The second-order valence-electron chi connectivity index (χ2n) is 11.3. The lowest BCUT2D eigenvalue weighted by atomic mass is 9.82. The molecule has 0 aromatic heterocycles. The molecular formula is C28H44Si. The molecule has 0 aromatic carbocycles. The first kappa shape index (κ1) is 21.4. The van der Waals surface area contributed by atoms with E-state index in [1.807, 2.05) is 0 Å². The van der Waals surface area contributed by atoms with Crippen molar-refractivity contribution in [2.24, 2.45) is 47.3 Å². The van der Waals surface area contributed by atoms with Gasteiger partial charge in [-0.1, -0.05) is 102 Å².